The van der Waals surface area contributed by atoms with Crippen LogP contribution in [0, 0.1) is 0 Å². The third-order valence-corrected chi connectivity index (χ3v) is 5.51. The van der Waals surface area contributed by atoms with Crippen LogP contribution in [-0.4, -0.2) is 28.1 Å². The van der Waals surface area contributed by atoms with E-state index in [1.165, 1.54) is 4.68 Å². The fraction of sp³-hybridized carbons (Fsp3) is 0.120. The summed E-state index contributed by atoms with van der Waals surface area (Å²) in [5, 5.41) is 8.17. The van der Waals surface area contributed by atoms with Crippen LogP contribution in [0.15, 0.2) is 83.7 Å². The Kier molecular flexibility index (Phi) is 4.99. The average molecular weight is 424 g/mol. The zero-order valence-electron chi connectivity index (χ0n) is 17.2. The molecule has 5 rings (SSSR count). The van der Waals surface area contributed by atoms with Gasteiger partial charge >= 0.3 is 0 Å². The van der Waals surface area contributed by atoms with E-state index < -0.39 is 5.91 Å². The van der Waals surface area contributed by atoms with Crippen LogP contribution < -0.4 is 15.8 Å². The summed E-state index contributed by atoms with van der Waals surface area (Å²) in [6, 6.07) is 23.1. The third kappa shape index (κ3) is 3.54. The Bertz CT molecular complexity index is 1400. The van der Waals surface area contributed by atoms with Gasteiger partial charge in [-0.2, -0.15) is 9.78 Å². The number of amides is 2. The Hall–Kier alpha value is -4.26. The molecule has 1 N–H and O–H groups in total. The van der Waals surface area contributed by atoms with E-state index in [2.05, 4.69) is 10.4 Å². The normalized spacial score (nSPS) is 13.5. The van der Waals surface area contributed by atoms with Crippen molar-refractivity contribution in [1.82, 2.24) is 9.78 Å². The van der Waals surface area contributed by atoms with E-state index in [9.17, 15) is 14.4 Å². The zero-order chi connectivity index (χ0) is 22.1. The second-order valence-corrected chi connectivity index (χ2v) is 7.60. The van der Waals surface area contributed by atoms with Crippen molar-refractivity contribution in [3.63, 3.8) is 0 Å². The van der Waals surface area contributed by atoms with Crippen LogP contribution in [-0.2, 0) is 4.79 Å². The van der Waals surface area contributed by atoms with Crippen molar-refractivity contribution in [2.75, 3.05) is 16.8 Å². The molecule has 0 aliphatic carbocycles. The van der Waals surface area contributed by atoms with Gasteiger partial charge in [0.05, 0.1) is 11.1 Å². The zero-order valence-corrected chi connectivity index (χ0v) is 17.2. The predicted octanol–water partition coefficient (Wildman–Crippen LogP) is 3.76. The molecule has 0 atom stereocenters. The first-order valence-electron chi connectivity index (χ1n) is 10.4. The summed E-state index contributed by atoms with van der Waals surface area (Å²) in [5.74, 6) is -0.355. The van der Waals surface area contributed by atoms with Crippen LogP contribution in [0.5, 0.6) is 0 Å². The maximum atomic E-state index is 13.3. The number of carbonyl (C=O) groups excluding carboxylic acids is 2. The second-order valence-electron chi connectivity index (χ2n) is 7.60. The maximum absolute atomic E-state index is 13.3. The number of anilines is 2. The Morgan fingerprint density at radius 2 is 1.56 bits per heavy atom. The van der Waals surface area contributed by atoms with Crippen LogP contribution in [0.4, 0.5) is 11.4 Å². The predicted molar refractivity (Wildman–Crippen MR) is 123 cm³/mol. The van der Waals surface area contributed by atoms with E-state index >= 15 is 0 Å². The van der Waals surface area contributed by atoms with Gasteiger partial charge in [-0.3, -0.25) is 14.4 Å². The van der Waals surface area contributed by atoms with Gasteiger partial charge < -0.3 is 10.2 Å². The highest BCUT2D eigenvalue weighted by atomic mass is 16.2. The minimum atomic E-state index is -0.434. The van der Waals surface area contributed by atoms with Crippen molar-refractivity contribution in [3.05, 3.63) is 94.9 Å². The van der Waals surface area contributed by atoms with Gasteiger partial charge in [0.1, 0.15) is 0 Å². The van der Waals surface area contributed by atoms with E-state index in [4.69, 9.17) is 0 Å². The lowest BCUT2D eigenvalue weighted by molar-refractivity contribution is -0.117. The first kappa shape index (κ1) is 19.7. The number of benzene rings is 3. The molecule has 1 saturated heterocycles. The third-order valence-electron chi connectivity index (χ3n) is 5.51. The van der Waals surface area contributed by atoms with Crippen LogP contribution >= 0.6 is 0 Å². The minimum absolute atomic E-state index is 0.0797. The van der Waals surface area contributed by atoms with Crippen molar-refractivity contribution in [2.45, 2.75) is 12.8 Å². The van der Waals surface area contributed by atoms with Crippen LogP contribution in [0.1, 0.15) is 23.3 Å². The molecule has 3 aromatic carbocycles. The monoisotopic (exact) mass is 424 g/mol. The molecule has 7 nitrogen and oxygen atoms in total. The van der Waals surface area contributed by atoms with Crippen LogP contribution in [0.3, 0.4) is 0 Å². The standard InChI is InChI=1S/C25H20N4O3/c30-22-14-7-15-28(22)19-11-6-8-17(16-19)26-24(31)23-20-12-4-5-13-21(20)25(32)29(27-23)18-9-2-1-3-10-18/h1-6,8-13,16H,7,14-15H2,(H,26,31). The largest absolute Gasteiger partial charge is 0.321 e. The van der Waals surface area contributed by atoms with Gasteiger partial charge in [-0.05, 0) is 42.8 Å². The lowest BCUT2D eigenvalue weighted by Gasteiger charge is -2.17. The number of hydrogen-bond acceptors (Lipinski definition) is 4. The van der Waals surface area contributed by atoms with Crippen molar-refractivity contribution in [2.24, 2.45) is 0 Å². The van der Waals surface area contributed by atoms with Crippen molar-refractivity contribution < 1.29 is 9.59 Å². The van der Waals surface area contributed by atoms with E-state index in [0.29, 0.717) is 35.1 Å². The summed E-state index contributed by atoms with van der Waals surface area (Å²) in [5.41, 5.74) is 1.73. The summed E-state index contributed by atoms with van der Waals surface area (Å²) in [6.45, 7) is 0.671. The Morgan fingerprint density at radius 3 is 2.31 bits per heavy atom. The number of hydrogen-bond donors (Lipinski definition) is 1. The molecule has 0 unspecified atom stereocenters. The topological polar surface area (TPSA) is 84.3 Å². The summed E-state index contributed by atoms with van der Waals surface area (Å²) < 4.78 is 1.25. The second kappa shape index (κ2) is 8.11. The first-order chi connectivity index (χ1) is 15.6. The summed E-state index contributed by atoms with van der Waals surface area (Å²) in [4.78, 5) is 40.1. The molecule has 1 fully saturated rings. The van der Waals surface area contributed by atoms with E-state index in [-0.39, 0.29) is 17.2 Å². The van der Waals surface area contributed by atoms with Crippen molar-refractivity contribution in [3.8, 4) is 5.69 Å². The number of nitrogens with zero attached hydrogens (tertiary/aromatic N) is 3. The van der Waals surface area contributed by atoms with Crippen LogP contribution in [0.2, 0.25) is 0 Å². The number of nitrogens with one attached hydrogen (secondary N) is 1. The molecular formula is C25H20N4O3. The molecule has 1 aliphatic rings. The summed E-state index contributed by atoms with van der Waals surface area (Å²) in [6.07, 6.45) is 1.36. The quantitative estimate of drug-likeness (QED) is 0.541. The smallest absolute Gasteiger partial charge is 0.279 e. The van der Waals surface area contributed by atoms with E-state index in [1.54, 1.807) is 59.5 Å². The molecule has 1 aliphatic heterocycles. The highest BCUT2D eigenvalue weighted by Crippen LogP contribution is 2.25. The molecule has 0 saturated carbocycles. The van der Waals surface area contributed by atoms with E-state index in [1.807, 2.05) is 24.3 Å². The summed E-state index contributed by atoms with van der Waals surface area (Å²) in [7, 11) is 0. The summed E-state index contributed by atoms with van der Waals surface area (Å²) >= 11 is 0. The molecular weight excluding hydrogens is 404 g/mol. The van der Waals surface area contributed by atoms with Gasteiger partial charge in [0.25, 0.3) is 11.5 Å². The Morgan fingerprint density at radius 1 is 0.844 bits per heavy atom. The molecule has 158 valence electrons. The highest BCUT2D eigenvalue weighted by molar-refractivity contribution is 6.11. The molecule has 2 heterocycles. The molecule has 32 heavy (non-hydrogen) atoms. The number of aromatic nitrogens is 2. The molecule has 2 amide bonds. The Balaban J connectivity index is 1.55. The molecule has 7 heteroatoms. The van der Waals surface area contributed by atoms with Gasteiger partial charge in [-0.1, -0.05) is 42.5 Å². The number of para-hydroxylation sites is 1. The van der Waals surface area contributed by atoms with Crippen molar-refractivity contribution in [1.29, 1.82) is 0 Å². The van der Waals surface area contributed by atoms with Crippen molar-refractivity contribution >= 4 is 34.0 Å². The Labute approximate surface area is 183 Å². The van der Waals surface area contributed by atoms with Gasteiger partial charge in [0.2, 0.25) is 5.91 Å². The van der Waals surface area contributed by atoms with Gasteiger partial charge in [-0.15, -0.1) is 0 Å². The SMILES string of the molecule is O=C(Nc1cccc(N2CCCC2=O)c1)c1nn(-c2ccccc2)c(=O)c2ccccc12. The number of fused-ring (bicyclic) bond motifs is 1. The molecule has 0 radical (unpaired) electrons. The highest BCUT2D eigenvalue weighted by Gasteiger charge is 2.22. The first-order valence-corrected chi connectivity index (χ1v) is 10.4. The average Bonchev–Trinajstić information content (AvgIpc) is 3.26. The van der Waals surface area contributed by atoms with Gasteiger partial charge in [-0.25, -0.2) is 0 Å². The maximum Gasteiger partial charge on any atom is 0.279 e. The molecule has 1 aromatic heterocycles. The molecule has 0 spiro atoms. The molecule has 4 aromatic rings. The van der Waals surface area contributed by atoms with Crippen LogP contribution in [0.25, 0.3) is 16.5 Å². The minimum Gasteiger partial charge on any atom is -0.321 e. The number of rotatable bonds is 4. The van der Waals surface area contributed by atoms with Gasteiger partial charge in [0.15, 0.2) is 5.69 Å². The fourth-order valence-corrected chi connectivity index (χ4v) is 3.96. The lowest BCUT2D eigenvalue weighted by Crippen LogP contribution is -2.26. The van der Waals surface area contributed by atoms with Gasteiger partial charge in [0, 0.05) is 29.7 Å². The number of carbonyl (C=O) groups is 2. The lowest BCUT2D eigenvalue weighted by atomic mass is 10.1. The fourth-order valence-electron chi connectivity index (χ4n) is 3.96. The van der Waals surface area contributed by atoms with E-state index in [0.717, 1.165) is 12.1 Å². The molecule has 0 bridgehead atoms.